The van der Waals surface area contributed by atoms with Crippen molar-refractivity contribution in [2.45, 2.75) is 38.9 Å². The molecule has 26 heavy (non-hydrogen) atoms. The first kappa shape index (κ1) is 17.8. The normalized spacial score (nSPS) is 23.0. The summed E-state index contributed by atoms with van der Waals surface area (Å²) < 4.78 is 12.4. The third-order valence-corrected chi connectivity index (χ3v) is 6.05. The van der Waals surface area contributed by atoms with E-state index in [-0.39, 0.29) is 18.3 Å². The van der Waals surface area contributed by atoms with Gasteiger partial charge in [0.2, 0.25) is 0 Å². The largest absolute Gasteiger partial charge is 0.494 e. The topological polar surface area (TPSA) is 37.8 Å². The van der Waals surface area contributed by atoms with Crippen LogP contribution in [0, 0.1) is 0 Å². The molecule has 0 saturated carbocycles. The van der Waals surface area contributed by atoms with Crippen molar-refractivity contribution < 1.29 is 9.31 Å². The van der Waals surface area contributed by atoms with Crippen LogP contribution in [-0.4, -0.2) is 61.4 Å². The number of nitrogens with zero attached hydrogens (tertiary/aromatic N) is 3. The Kier molecular flexibility index (Phi) is 4.25. The number of rotatable bonds is 2. The summed E-state index contributed by atoms with van der Waals surface area (Å²) in [6.07, 6.45) is 0. The average Bonchev–Trinajstić information content (AvgIpc) is 2.82. The first-order valence-corrected chi connectivity index (χ1v) is 9.45. The molecule has 138 valence electrons. The molecule has 0 N–H and O–H groups in total. The van der Waals surface area contributed by atoms with E-state index >= 15 is 0 Å². The van der Waals surface area contributed by atoms with Crippen LogP contribution in [0.25, 0.3) is 10.9 Å². The minimum atomic E-state index is -0.349. The van der Waals surface area contributed by atoms with Crippen LogP contribution in [0.5, 0.6) is 0 Å². The molecule has 0 radical (unpaired) electrons. The number of pyridine rings is 1. The lowest BCUT2D eigenvalue weighted by Gasteiger charge is -2.33. The number of likely N-dealkylation sites (N-methyl/N-ethyl adjacent to an activating group) is 1. The molecule has 2 aliphatic heterocycles. The molecule has 2 aromatic rings. The molecule has 0 aliphatic carbocycles. The summed E-state index contributed by atoms with van der Waals surface area (Å²) in [7, 11) is 1.82. The van der Waals surface area contributed by atoms with Gasteiger partial charge in [-0.1, -0.05) is 12.1 Å². The van der Waals surface area contributed by atoms with Gasteiger partial charge in [0.15, 0.2) is 0 Å². The van der Waals surface area contributed by atoms with Crippen LogP contribution in [-0.2, 0) is 9.31 Å². The molecule has 0 amide bonds. The summed E-state index contributed by atoms with van der Waals surface area (Å²) in [4.78, 5) is 9.64. The Morgan fingerprint density at radius 3 is 2.19 bits per heavy atom. The van der Waals surface area contributed by atoms with Crippen LogP contribution in [0.15, 0.2) is 30.3 Å². The summed E-state index contributed by atoms with van der Waals surface area (Å²) in [5.41, 5.74) is 1.36. The quantitative estimate of drug-likeness (QED) is 0.775. The van der Waals surface area contributed by atoms with Crippen molar-refractivity contribution in [3.8, 4) is 0 Å². The van der Waals surface area contributed by atoms with Gasteiger partial charge in [-0.05, 0) is 58.4 Å². The van der Waals surface area contributed by atoms with E-state index in [2.05, 4.69) is 74.9 Å². The summed E-state index contributed by atoms with van der Waals surface area (Å²) in [5, 5.41) is 1.14. The van der Waals surface area contributed by atoms with Crippen LogP contribution >= 0.6 is 0 Å². The van der Waals surface area contributed by atoms with E-state index in [4.69, 9.17) is 14.3 Å². The van der Waals surface area contributed by atoms with Crippen molar-refractivity contribution in [3.05, 3.63) is 30.3 Å². The van der Waals surface area contributed by atoms with Crippen molar-refractivity contribution in [1.29, 1.82) is 0 Å². The molecular formula is C20H28BN3O2. The minimum Gasteiger partial charge on any atom is -0.399 e. The third-order valence-electron chi connectivity index (χ3n) is 6.05. The molecule has 2 saturated heterocycles. The molecule has 3 heterocycles. The number of benzene rings is 1. The van der Waals surface area contributed by atoms with Crippen molar-refractivity contribution >= 4 is 29.3 Å². The average molecular weight is 353 g/mol. The monoisotopic (exact) mass is 353 g/mol. The fourth-order valence-electron chi connectivity index (χ4n) is 3.46. The second-order valence-electron chi connectivity index (χ2n) is 8.50. The standard InChI is InChI=1S/C20H28BN3O2/c1-19(2)20(3,4)26-21(25-19)16-8-6-15-7-9-18(22-17(15)14-16)24-12-10-23(5)11-13-24/h6-9,14H,10-13H2,1-5H3. The van der Waals surface area contributed by atoms with E-state index in [1.165, 1.54) is 0 Å². The Balaban J connectivity index is 1.62. The lowest BCUT2D eigenvalue weighted by atomic mass is 9.79. The number of anilines is 1. The van der Waals surface area contributed by atoms with Gasteiger partial charge >= 0.3 is 7.12 Å². The molecule has 0 unspecified atom stereocenters. The fourth-order valence-corrected chi connectivity index (χ4v) is 3.46. The van der Waals surface area contributed by atoms with Gasteiger partial charge in [0.05, 0.1) is 16.7 Å². The molecule has 1 aromatic heterocycles. The Morgan fingerprint density at radius 1 is 0.923 bits per heavy atom. The second-order valence-corrected chi connectivity index (χ2v) is 8.50. The summed E-state index contributed by atoms with van der Waals surface area (Å²) >= 11 is 0. The minimum absolute atomic E-state index is 0.332. The van der Waals surface area contributed by atoms with Crippen LogP contribution in [0.4, 0.5) is 5.82 Å². The second kappa shape index (κ2) is 6.22. The highest BCUT2D eigenvalue weighted by Crippen LogP contribution is 2.36. The Hall–Kier alpha value is -1.63. The highest BCUT2D eigenvalue weighted by atomic mass is 16.7. The van der Waals surface area contributed by atoms with Crippen LogP contribution in [0.1, 0.15) is 27.7 Å². The van der Waals surface area contributed by atoms with Gasteiger partial charge in [-0.15, -0.1) is 0 Å². The first-order valence-electron chi connectivity index (χ1n) is 9.45. The predicted octanol–water partition coefficient (Wildman–Crippen LogP) is 2.29. The summed E-state index contributed by atoms with van der Waals surface area (Å²) in [5.74, 6) is 1.05. The highest BCUT2D eigenvalue weighted by molar-refractivity contribution is 6.62. The van der Waals surface area contributed by atoms with Gasteiger partial charge in [-0.2, -0.15) is 0 Å². The molecule has 6 heteroatoms. The van der Waals surface area contributed by atoms with Gasteiger partial charge in [-0.25, -0.2) is 4.98 Å². The molecule has 2 fully saturated rings. The fraction of sp³-hybridized carbons (Fsp3) is 0.550. The van der Waals surface area contributed by atoms with Crippen molar-refractivity contribution in [3.63, 3.8) is 0 Å². The molecule has 4 rings (SSSR count). The van der Waals surface area contributed by atoms with Gasteiger partial charge in [0.25, 0.3) is 0 Å². The Morgan fingerprint density at radius 2 is 1.54 bits per heavy atom. The lowest BCUT2D eigenvalue weighted by molar-refractivity contribution is 0.00578. The zero-order valence-corrected chi connectivity index (χ0v) is 16.5. The van der Waals surface area contributed by atoms with E-state index in [1.54, 1.807) is 0 Å². The third kappa shape index (κ3) is 3.11. The van der Waals surface area contributed by atoms with Gasteiger partial charge < -0.3 is 19.1 Å². The molecule has 1 aromatic carbocycles. The molecular weight excluding hydrogens is 325 g/mol. The maximum atomic E-state index is 6.19. The maximum Gasteiger partial charge on any atom is 0.494 e. The SMILES string of the molecule is CN1CCN(c2ccc3ccc(B4OC(C)(C)C(C)(C)O4)cc3n2)CC1. The maximum absolute atomic E-state index is 6.19. The molecule has 2 aliphatic rings. The Bertz CT molecular complexity index is 800. The van der Waals surface area contributed by atoms with Crippen LogP contribution in [0.2, 0.25) is 0 Å². The van der Waals surface area contributed by atoms with E-state index in [9.17, 15) is 0 Å². The molecule has 5 nitrogen and oxygen atoms in total. The zero-order valence-electron chi connectivity index (χ0n) is 16.5. The molecule has 0 bridgehead atoms. The number of piperazine rings is 1. The number of fused-ring (bicyclic) bond motifs is 1. The van der Waals surface area contributed by atoms with E-state index in [0.29, 0.717) is 0 Å². The number of hydrogen-bond donors (Lipinski definition) is 0. The van der Waals surface area contributed by atoms with Crippen LogP contribution < -0.4 is 10.4 Å². The molecule has 0 atom stereocenters. The Labute approximate surface area is 156 Å². The van der Waals surface area contributed by atoms with E-state index in [1.807, 2.05) is 0 Å². The zero-order chi connectivity index (χ0) is 18.5. The van der Waals surface area contributed by atoms with Crippen LogP contribution in [0.3, 0.4) is 0 Å². The highest BCUT2D eigenvalue weighted by Gasteiger charge is 2.51. The lowest BCUT2D eigenvalue weighted by Crippen LogP contribution is -2.44. The van der Waals surface area contributed by atoms with E-state index < -0.39 is 0 Å². The van der Waals surface area contributed by atoms with Crippen molar-refractivity contribution in [2.75, 3.05) is 38.1 Å². The summed E-state index contributed by atoms with van der Waals surface area (Å²) in [6.45, 7) is 12.5. The molecule has 0 spiro atoms. The van der Waals surface area contributed by atoms with Gasteiger partial charge in [0, 0.05) is 31.6 Å². The van der Waals surface area contributed by atoms with E-state index in [0.717, 1.165) is 48.4 Å². The number of aromatic nitrogens is 1. The summed E-state index contributed by atoms with van der Waals surface area (Å²) in [6, 6.07) is 10.6. The first-order chi connectivity index (χ1) is 12.2. The predicted molar refractivity (Wildman–Crippen MR) is 107 cm³/mol. The number of hydrogen-bond acceptors (Lipinski definition) is 5. The van der Waals surface area contributed by atoms with Gasteiger partial charge in [-0.3, -0.25) is 0 Å². The van der Waals surface area contributed by atoms with Crippen molar-refractivity contribution in [1.82, 2.24) is 9.88 Å². The van der Waals surface area contributed by atoms with Gasteiger partial charge in [0.1, 0.15) is 5.82 Å². The van der Waals surface area contributed by atoms with Crippen molar-refractivity contribution in [2.24, 2.45) is 0 Å². The smallest absolute Gasteiger partial charge is 0.399 e.